The van der Waals surface area contributed by atoms with Gasteiger partial charge in [-0.25, -0.2) is 9.97 Å². The minimum absolute atomic E-state index is 0.0176. The number of thiazole rings is 1. The Labute approximate surface area is 212 Å². The van der Waals surface area contributed by atoms with Crippen LogP contribution in [0.25, 0.3) is 0 Å². The van der Waals surface area contributed by atoms with E-state index in [-0.39, 0.29) is 17.7 Å². The number of nitrogens with one attached hydrogen (secondary N) is 1. The molecule has 0 unspecified atom stereocenters. The van der Waals surface area contributed by atoms with E-state index in [1.165, 1.54) is 35.9 Å². The highest BCUT2D eigenvalue weighted by atomic mass is 32.2. The molecule has 0 aromatic carbocycles. The quantitative estimate of drug-likeness (QED) is 0.350. The molecule has 1 aliphatic heterocycles. The van der Waals surface area contributed by atoms with Gasteiger partial charge < -0.3 is 10.2 Å². The fourth-order valence-electron chi connectivity index (χ4n) is 4.25. The number of likely N-dealkylation sites (tertiary alicyclic amines) is 1. The molecule has 0 bridgehead atoms. The first kappa shape index (κ1) is 23.7. The number of nitrogens with zero attached hydrogens (tertiary/aromatic N) is 5. The number of piperidine rings is 1. The number of amides is 2. The molecular formula is C25H28N6O2S2. The van der Waals surface area contributed by atoms with Crippen molar-refractivity contribution in [2.24, 2.45) is 7.05 Å². The van der Waals surface area contributed by atoms with Crippen LogP contribution >= 0.6 is 23.1 Å². The molecule has 8 nitrogen and oxygen atoms in total. The normalized spacial score (nSPS) is 16.3. The summed E-state index contributed by atoms with van der Waals surface area (Å²) in [5.41, 5.74) is 2.11. The van der Waals surface area contributed by atoms with Crippen molar-refractivity contribution >= 4 is 40.7 Å². The lowest BCUT2D eigenvalue weighted by Crippen LogP contribution is -2.38. The Balaban J connectivity index is 1.18. The third kappa shape index (κ3) is 5.33. The highest BCUT2D eigenvalue weighted by Gasteiger charge is 2.29. The lowest BCUT2D eigenvalue weighted by Gasteiger charge is -2.31. The van der Waals surface area contributed by atoms with E-state index in [2.05, 4.69) is 27.0 Å². The van der Waals surface area contributed by atoms with E-state index in [1.807, 2.05) is 35.5 Å². The predicted molar refractivity (Wildman–Crippen MR) is 138 cm³/mol. The highest BCUT2D eigenvalue weighted by Crippen LogP contribution is 2.40. The van der Waals surface area contributed by atoms with Crippen molar-refractivity contribution in [1.29, 1.82) is 0 Å². The monoisotopic (exact) mass is 508 g/mol. The van der Waals surface area contributed by atoms with Crippen LogP contribution in [-0.2, 0) is 7.05 Å². The lowest BCUT2D eigenvalue weighted by molar-refractivity contribution is 0.0708. The maximum atomic E-state index is 13.1. The highest BCUT2D eigenvalue weighted by molar-refractivity contribution is 7.99. The van der Waals surface area contributed by atoms with Crippen molar-refractivity contribution in [2.45, 2.75) is 42.5 Å². The second-order valence-electron chi connectivity index (χ2n) is 8.90. The van der Waals surface area contributed by atoms with Crippen LogP contribution in [0.3, 0.4) is 0 Å². The molecule has 3 aromatic heterocycles. The Morgan fingerprint density at radius 1 is 1.26 bits per heavy atom. The van der Waals surface area contributed by atoms with Crippen molar-refractivity contribution < 1.29 is 9.59 Å². The molecule has 0 radical (unpaired) electrons. The van der Waals surface area contributed by atoms with Gasteiger partial charge in [0.15, 0.2) is 0 Å². The molecule has 3 aromatic rings. The summed E-state index contributed by atoms with van der Waals surface area (Å²) in [7, 11) is 1.84. The van der Waals surface area contributed by atoms with Gasteiger partial charge in [-0.2, -0.15) is 5.10 Å². The van der Waals surface area contributed by atoms with Crippen molar-refractivity contribution in [2.75, 3.05) is 24.2 Å². The maximum Gasteiger partial charge on any atom is 0.276 e. The molecule has 4 heterocycles. The average molecular weight is 509 g/mol. The molecule has 2 aliphatic rings. The number of anilines is 1. The molecule has 1 aliphatic carbocycles. The summed E-state index contributed by atoms with van der Waals surface area (Å²) in [5, 5.41) is 11.0. The third-order valence-corrected chi connectivity index (χ3v) is 8.37. The van der Waals surface area contributed by atoms with Gasteiger partial charge in [-0.1, -0.05) is 6.08 Å². The van der Waals surface area contributed by atoms with Crippen LogP contribution in [0.4, 0.5) is 5.82 Å². The molecule has 1 saturated carbocycles. The number of rotatable bonds is 8. The van der Waals surface area contributed by atoms with Gasteiger partial charge in [0.2, 0.25) is 0 Å². The van der Waals surface area contributed by atoms with E-state index < -0.39 is 0 Å². The van der Waals surface area contributed by atoms with Crippen LogP contribution in [0, 0.1) is 0 Å². The summed E-state index contributed by atoms with van der Waals surface area (Å²) in [6, 6.07) is 5.60. The summed E-state index contributed by atoms with van der Waals surface area (Å²) in [6.07, 6.45) is 7.50. The van der Waals surface area contributed by atoms with Gasteiger partial charge in [0.25, 0.3) is 11.8 Å². The Kier molecular flexibility index (Phi) is 7.01. The zero-order valence-corrected chi connectivity index (χ0v) is 21.3. The average Bonchev–Trinajstić information content (AvgIpc) is 3.50. The molecule has 2 amide bonds. The van der Waals surface area contributed by atoms with E-state index in [9.17, 15) is 9.59 Å². The minimum atomic E-state index is -0.216. The Morgan fingerprint density at radius 2 is 2.06 bits per heavy atom. The number of hydrogen-bond acceptors (Lipinski definition) is 7. The van der Waals surface area contributed by atoms with Gasteiger partial charge in [-0.05, 0) is 37.8 Å². The smallest absolute Gasteiger partial charge is 0.276 e. The van der Waals surface area contributed by atoms with Gasteiger partial charge in [-0.15, -0.1) is 29.7 Å². The van der Waals surface area contributed by atoms with Gasteiger partial charge in [0.1, 0.15) is 16.5 Å². The first-order valence-corrected chi connectivity index (χ1v) is 13.7. The third-order valence-electron chi connectivity index (χ3n) is 6.36. The standard InChI is InChI=1S/C25H28N6O2S2/c1-3-13-34-24-18(5-4-10-26-24)25(33)31-11-8-17(9-12-31)23-27-20(15-35-23)22(32)28-21-14-19(16-6-7-16)29-30(21)2/h3-5,10,14-17H,1,6-9,11-13H2,2H3,(H,28,32). The van der Waals surface area contributed by atoms with Crippen molar-refractivity contribution in [3.05, 3.63) is 64.4 Å². The first-order chi connectivity index (χ1) is 17.0. The number of aryl methyl sites for hydroxylation is 1. The number of carbonyl (C=O) groups excluding carboxylic acids is 2. The summed E-state index contributed by atoms with van der Waals surface area (Å²) in [4.78, 5) is 36.8. The van der Waals surface area contributed by atoms with Crippen LogP contribution in [-0.4, -0.2) is 55.3 Å². The van der Waals surface area contributed by atoms with Gasteiger partial charge in [-0.3, -0.25) is 14.3 Å². The molecular weight excluding hydrogens is 480 g/mol. The molecule has 5 rings (SSSR count). The predicted octanol–water partition coefficient (Wildman–Crippen LogP) is 4.70. The molecule has 10 heteroatoms. The van der Waals surface area contributed by atoms with Crippen LogP contribution < -0.4 is 5.32 Å². The Bertz CT molecular complexity index is 1240. The summed E-state index contributed by atoms with van der Waals surface area (Å²) in [6.45, 7) is 5.06. The topological polar surface area (TPSA) is 93.0 Å². The molecule has 1 saturated heterocycles. The van der Waals surface area contributed by atoms with Crippen molar-refractivity contribution in [3.63, 3.8) is 0 Å². The van der Waals surface area contributed by atoms with Crippen molar-refractivity contribution in [3.8, 4) is 0 Å². The molecule has 182 valence electrons. The largest absolute Gasteiger partial charge is 0.339 e. The second kappa shape index (κ2) is 10.3. The zero-order chi connectivity index (χ0) is 24.4. The fourth-order valence-corrected chi connectivity index (χ4v) is 5.94. The molecule has 1 N–H and O–H groups in total. The lowest BCUT2D eigenvalue weighted by atomic mass is 9.97. The zero-order valence-electron chi connectivity index (χ0n) is 19.6. The number of pyridine rings is 1. The second-order valence-corrected chi connectivity index (χ2v) is 10.8. The van der Waals surface area contributed by atoms with E-state index >= 15 is 0 Å². The van der Waals surface area contributed by atoms with Gasteiger partial charge >= 0.3 is 0 Å². The number of hydrogen-bond donors (Lipinski definition) is 1. The number of thioether (sulfide) groups is 1. The van der Waals surface area contributed by atoms with Crippen LogP contribution in [0.5, 0.6) is 0 Å². The summed E-state index contributed by atoms with van der Waals surface area (Å²) < 4.78 is 1.72. The maximum absolute atomic E-state index is 13.1. The molecule has 35 heavy (non-hydrogen) atoms. The minimum Gasteiger partial charge on any atom is -0.339 e. The SMILES string of the molecule is C=CCSc1ncccc1C(=O)N1CCC(c2nc(C(=O)Nc3cc(C4CC4)nn3C)cs2)CC1. The Morgan fingerprint density at radius 3 is 2.80 bits per heavy atom. The number of aromatic nitrogens is 4. The van der Waals surface area contributed by atoms with E-state index in [0.29, 0.717) is 41.8 Å². The van der Waals surface area contributed by atoms with Crippen LogP contribution in [0.2, 0.25) is 0 Å². The first-order valence-electron chi connectivity index (χ1n) is 11.8. The Hall–Kier alpha value is -2.98. The van der Waals surface area contributed by atoms with Crippen LogP contribution in [0.15, 0.2) is 47.5 Å². The molecule has 0 atom stereocenters. The van der Waals surface area contributed by atoms with E-state index in [0.717, 1.165) is 28.6 Å². The fraction of sp³-hybridized carbons (Fsp3) is 0.400. The van der Waals surface area contributed by atoms with Crippen LogP contribution in [0.1, 0.15) is 69.1 Å². The number of carbonyl (C=O) groups is 2. The van der Waals surface area contributed by atoms with Crippen molar-refractivity contribution in [1.82, 2.24) is 24.6 Å². The van der Waals surface area contributed by atoms with Gasteiger partial charge in [0, 0.05) is 55.4 Å². The van der Waals surface area contributed by atoms with E-state index in [1.54, 1.807) is 16.9 Å². The van der Waals surface area contributed by atoms with E-state index in [4.69, 9.17) is 0 Å². The summed E-state index contributed by atoms with van der Waals surface area (Å²) >= 11 is 3.04. The summed E-state index contributed by atoms with van der Waals surface area (Å²) in [5.74, 6) is 1.98. The van der Waals surface area contributed by atoms with Gasteiger partial charge in [0.05, 0.1) is 16.3 Å². The molecule has 0 spiro atoms. The molecule has 2 fully saturated rings.